The van der Waals surface area contributed by atoms with E-state index < -0.39 is 35.6 Å². The third-order valence-corrected chi connectivity index (χ3v) is 13.9. The summed E-state index contributed by atoms with van der Waals surface area (Å²) in [7, 11) is 0. The number of nitrogens with two attached hydrogens (primary N) is 3. The van der Waals surface area contributed by atoms with E-state index in [1.807, 2.05) is 18.2 Å². The van der Waals surface area contributed by atoms with Gasteiger partial charge in [0.25, 0.3) is 16.7 Å². The van der Waals surface area contributed by atoms with Gasteiger partial charge in [-0.3, -0.25) is 27.6 Å². The third-order valence-electron chi connectivity index (χ3n) is 13.9. The van der Waals surface area contributed by atoms with Crippen LogP contribution in [0.5, 0.6) is 0 Å². The first-order chi connectivity index (χ1) is 43.5. The fourth-order valence-electron chi connectivity index (χ4n) is 9.68. The van der Waals surface area contributed by atoms with Crippen molar-refractivity contribution in [2.45, 2.75) is 38.9 Å². The zero-order valence-corrected chi connectivity index (χ0v) is 47.6. The zero-order valence-electron chi connectivity index (χ0n) is 47.6. The van der Waals surface area contributed by atoms with Crippen LogP contribution in [0, 0.1) is 51.4 Å². The average molecular weight is 1200 g/mol. The van der Waals surface area contributed by atoms with Crippen molar-refractivity contribution in [1.29, 1.82) is 15.8 Å². The van der Waals surface area contributed by atoms with Crippen molar-refractivity contribution >= 4 is 51.8 Å². The summed E-state index contributed by atoms with van der Waals surface area (Å²) < 4.78 is 45.9. The number of fused-ring (bicyclic) bond motifs is 3. The monoisotopic (exact) mass is 1200 g/mol. The highest BCUT2D eigenvalue weighted by molar-refractivity contribution is 5.73. The standard InChI is InChI=1S/3C21H16FN7O/c3*1-12(27-20-15(10-23)19(24)25-11-26-20)18-17(13-5-4-6-14(22)9-13)21(30)29-8-3-2-7-16(29)28-18/h3*2-9,11-12H,1H3,(H3,24,25,26,27)/t2*12-;/m10./s1. The third kappa shape index (κ3) is 12.4. The Bertz CT molecular complexity index is 4580. The maximum Gasteiger partial charge on any atom is 0.266 e. The second-order valence-electron chi connectivity index (χ2n) is 19.7. The molecule has 12 rings (SSSR count). The Morgan fingerprint density at radius 1 is 0.411 bits per heavy atom. The molecule has 0 aliphatic rings. The minimum atomic E-state index is -0.553. The van der Waals surface area contributed by atoms with E-state index >= 15 is 0 Å². The van der Waals surface area contributed by atoms with E-state index in [1.54, 1.807) is 112 Å². The highest BCUT2D eigenvalue weighted by Gasteiger charge is 2.26. The lowest BCUT2D eigenvalue weighted by molar-refractivity contribution is 0.628. The van der Waals surface area contributed by atoms with Gasteiger partial charge in [0, 0.05) is 18.6 Å². The van der Waals surface area contributed by atoms with Gasteiger partial charge >= 0.3 is 0 Å². The van der Waals surface area contributed by atoms with E-state index in [0.717, 1.165) is 0 Å². The van der Waals surface area contributed by atoms with Crippen LogP contribution < -0.4 is 49.8 Å². The predicted molar refractivity (Wildman–Crippen MR) is 330 cm³/mol. The first kappa shape index (κ1) is 60.2. The molecule has 9 aromatic heterocycles. The zero-order chi connectivity index (χ0) is 63.8. The molecule has 24 nitrogen and oxygen atoms in total. The summed E-state index contributed by atoms with van der Waals surface area (Å²) in [4.78, 5) is 77.4. The Morgan fingerprint density at radius 3 is 0.944 bits per heavy atom. The molecule has 1 unspecified atom stereocenters. The smallest absolute Gasteiger partial charge is 0.266 e. The van der Waals surface area contributed by atoms with Crippen molar-refractivity contribution in [2.75, 3.05) is 33.2 Å². The Hall–Kier alpha value is -13.0. The van der Waals surface area contributed by atoms with Crippen molar-refractivity contribution in [1.82, 2.24) is 58.1 Å². The Balaban J connectivity index is 0.000000148. The number of nitrogen functional groups attached to an aromatic ring is 3. The maximum absolute atomic E-state index is 13.9. The molecule has 444 valence electrons. The van der Waals surface area contributed by atoms with Crippen molar-refractivity contribution in [2.24, 2.45) is 0 Å². The molecule has 12 aromatic rings. The van der Waals surface area contributed by atoms with E-state index in [2.05, 4.69) is 60.8 Å². The van der Waals surface area contributed by atoms with Gasteiger partial charge in [0.1, 0.15) is 123 Å². The topological polar surface area (TPSA) is 366 Å². The number of halogens is 3. The normalized spacial score (nSPS) is 11.8. The van der Waals surface area contributed by atoms with Crippen LogP contribution in [-0.2, 0) is 0 Å². The number of rotatable bonds is 12. The summed E-state index contributed by atoms with van der Waals surface area (Å²) in [6.45, 7) is 5.30. The van der Waals surface area contributed by atoms with Gasteiger partial charge in [-0.2, -0.15) is 15.8 Å². The summed E-state index contributed by atoms with van der Waals surface area (Å²) in [6, 6.07) is 37.1. The summed E-state index contributed by atoms with van der Waals surface area (Å²) in [6.07, 6.45) is 8.53. The maximum atomic E-state index is 13.9. The number of aromatic nitrogens is 12. The SMILES string of the molecule is CC(Nc1ncnc(N)c1C#N)c1nc2ccccn2c(=O)c1-c1cccc(F)c1.C[C@@H](Nc1ncnc(N)c1C#N)c1nc2ccccn2c(=O)c1-c1cccc(F)c1.C[C@H](Nc1ncnc(N)c1C#N)c1nc2ccccn2c(=O)c1-c1cccc(F)c1. The highest BCUT2D eigenvalue weighted by Crippen LogP contribution is 2.32. The summed E-state index contributed by atoms with van der Waals surface area (Å²) in [5.74, 6) is -0.614. The predicted octanol–water partition coefficient (Wildman–Crippen LogP) is 8.75. The molecule has 0 saturated heterocycles. The quantitative estimate of drug-likeness (QED) is 0.0665. The second kappa shape index (κ2) is 26.1. The van der Waals surface area contributed by atoms with E-state index in [0.29, 0.717) is 50.7 Å². The van der Waals surface area contributed by atoms with Crippen molar-refractivity contribution in [3.63, 3.8) is 0 Å². The molecular formula is C63H48F3N21O3. The molecule has 0 amide bonds. The lowest BCUT2D eigenvalue weighted by atomic mass is 10.0. The van der Waals surface area contributed by atoms with E-state index in [1.165, 1.54) is 86.8 Å². The summed E-state index contributed by atoms with van der Waals surface area (Å²) in [5.41, 5.74) is 21.0. The van der Waals surface area contributed by atoms with Gasteiger partial charge in [0.2, 0.25) is 0 Å². The van der Waals surface area contributed by atoms with Crippen LogP contribution in [0.25, 0.3) is 50.3 Å². The van der Waals surface area contributed by atoms with Crippen LogP contribution in [-0.4, -0.2) is 58.1 Å². The van der Waals surface area contributed by atoms with Crippen LogP contribution in [0.2, 0.25) is 0 Å². The number of benzene rings is 3. The molecule has 0 fully saturated rings. The number of nitriles is 3. The number of anilines is 6. The number of nitrogens with one attached hydrogen (secondary N) is 3. The minimum absolute atomic E-state index is 0.0408. The Labute approximate surface area is 507 Å². The van der Waals surface area contributed by atoms with Crippen molar-refractivity contribution < 1.29 is 13.2 Å². The molecule has 3 aromatic carbocycles. The van der Waals surface area contributed by atoms with E-state index in [9.17, 15) is 43.3 Å². The molecule has 9 N–H and O–H groups in total. The molecule has 0 saturated carbocycles. The van der Waals surface area contributed by atoms with Crippen LogP contribution in [0.3, 0.4) is 0 Å². The van der Waals surface area contributed by atoms with Gasteiger partial charge in [0.15, 0.2) is 0 Å². The Kier molecular flexibility index (Phi) is 17.5. The van der Waals surface area contributed by atoms with Crippen LogP contribution in [0.15, 0.2) is 179 Å². The Morgan fingerprint density at radius 2 is 0.689 bits per heavy atom. The van der Waals surface area contributed by atoms with Gasteiger partial charge < -0.3 is 33.2 Å². The molecule has 0 bridgehead atoms. The fraction of sp³-hybridized carbons (Fsp3) is 0.0952. The molecule has 27 heteroatoms. The molecule has 0 radical (unpaired) electrons. The molecule has 0 spiro atoms. The average Bonchev–Trinajstić information content (AvgIpc) is 0.850. The molecule has 90 heavy (non-hydrogen) atoms. The van der Waals surface area contributed by atoms with Crippen molar-refractivity contribution in [3.8, 4) is 51.6 Å². The lowest BCUT2D eigenvalue weighted by Crippen LogP contribution is -2.23. The molecule has 9 heterocycles. The van der Waals surface area contributed by atoms with Gasteiger partial charge in [-0.15, -0.1) is 0 Å². The fourth-order valence-corrected chi connectivity index (χ4v) is 9.68. The van der Waals surface area contributed by atoms with Gasteiger partial charge in [-0.1, -0.05) is 54.6 Å². The number of hydrogen-bond acceptors (Lipinski definition) is 21. The van der Waals surface area contributed by atoms with Crippen LogP contribution in [0.1, 0.15) is 72.7 Å². The van der Waals surface area contributed by atoms with Crippen LogP contribution >= 0.6 is 0 Å². The molecule has 0 aliphatic heterocycles. The first-order valence-electron chi connectivity index (χ1n) is 27.1. The van der Waals surface area contributed by atoms with Gasteiger partial charge in [-0.05, 0) is 110 Å². The van der Waals surface area contributed by atoms with E-state index in [4.69, 9.17) is 17.2 Å². The number of nitrogens with zero attached hydrogens (tertiary/aromatic N) is 15. The van der Waals surface area contributed by atoms with Crippen molar-refractivity contribution in [3.05, 3.63) is 247 Å². The molecular weight excluding hydrogens is 1160 g/mol. The lowest BCUT2D eigenvalue weighted by Gasteiger charge is -2.19. The number of hydrogen-bond donors (Lipinski definition) is 6. The summed E-state index contributed by atoms with van der Waals surface area (Å²) in [5, 5.41) is 37.3. The highest BCUT2D eigenvalue weighted by atomic mass is 19.1. The number of pyridine rings is 3. The largest absolute Gasteiger partial charge is 0.382 e. The van der Waals surface area contributed by atoms with Crippen LogP contribution in [0.4, 0.5) is 48.1 Å². The molecule has 0 aliphatic carbocycles. The summed E-state index contributed by atoms with van der Waals surface area (Å²) >= 11 is 0. The van der Waals surface area contributed by atoms with Gasteiger partial charge in [0.05, 0.1) is 51.9 Å². The van der Waals surface area contributed by atoms with Gasteiger partial charge in [-0.25, -0.2) is 58.0 Å². The first-order valence-corrected chi connectivity index (χ1v) is 27.1. The molecule has 3 atom stereocenters. The minimum Gasteiger partial charge on any atom is -0.382 e. The second-order valence-corrected chi connectivity index (χ2v) is 19.7. The van der Waals surface area contributed by atoms with E-state index in [-0.39, 0.29) is 85.0 Å².